The van der Waals surface area contributed by atoms with E-state index in [0.29, 0.717) is 0 Å². The number of benzene rings is 1. The topological polar surface area (TPSA) is 98.5 Å². The minimum Gasteiger partial charge on any atom is -0.469 e. The molecule has 8 heteroatoms. The molecule has 1 N–H and O–H groups in total. The van der Waals surface area contributed by atoms with E-state index in [-0.39, 0.29) is 17.7 Å². The molecule has 0 saturated carbocycles. The van der Waals surface area contributed by atoms with E-state index in [4.69, 9.17) is 0 Å². The van der Waals surface area contributed by atoms with Crippen LogP contribution in [0.5, 0.6) is 0 Å². The summed E-state index contributed by atoms with van der Waals surface area (Å²) in [5.41, 5.74) is -0.0103. The molecule has 0 fully saturated rings. The molecule has 1 atom stereocenters. The second-order valence-electron chi connectivity index (χ2n) is 4.63. The molecule has 0 saturated heterocycles. The van der Waals surface area contributed by atoms with Crippen molar-refractivity contribution < 1.29 is 19.2 Å². The van der Waals surface area contributed by atoms with Crippen LogP contribution in [0.2, 0.25) is 0 Å². The number of nitro groups is 1. The SMILES string of the molecule is COC(=O)CC(NC(=O)c1cccc([N+](=O)[O-])c1)c1cccs1. The average Bonchev–Trinajstić information content (AvgIpc) is 3.08. The normalized spacial score (nSPS) is 11.5. The maximum absolute atomic E-state index is 12.3. The molecule has 23 heavy (non-hydrogen) atoms. The number of esters is 1. The van der Waals surface area contributed by atoms with E-state index in [2.05, 4.69) is 10.1 Å². The Bertz CT molecular complexity index is 714. The number of methoxy groups -OCH3 is 1. The molecule has 0 aliphatic rings. The Morgan fingerprint density at radius 2 is 2.13 bits per heavy atom. The van der Waals surface area contributed by atoms with E-state index >= 15 is 0 Å². The van der Waals surface area contributed by atoms with Gasteiger partial charge in [-0.15, -0.1) is 11.3 Å². The molecular formula is C15H14N2O5S. The summed E-state index contributed by atoms with van der Waals surface area (Å²) in [5, 5.41) is 15.3. The van der Waals surface area contributed by atoms with Crippen molar-refractivity contribution >= 4 is 28.9 Å². The first kappa shape index (κ1) is 16.6. The van der Waals surface area contributed by atoms with Crippen LogP contribution < -0.4 is 5.32 Å². The molecule has 0 spiro atoms. The lowest BCUT2D eigenvalue weighted by molar-refractivity contribution is -0.384. The summed E-state index contributed by atoms with van der Waals surface area (Å²) in [6.45, 7) is 0. The number of ether oxygens (including phenoxy) is 1. The number of hydrogen-bond donors (Lipinski definition) is 1. The number of hydrogen-bond acceptors (Lipinski definition) is 6. The maximum atomic E-state index is 12.3. The van der Waals surface area contributed by atoms with Gasteiger partial charge in [0.05, 0.1) is 24.5 Å². The fraction of sp³-hybridized carbons (Fsp3) is 0.200. The van der Waals surface area contributed by atoms with Gasteiger partial charge in [0.2, 0.25) is 0 Å². The molecule has 0 bridgehead atoms. The van der Waals surface area contributed by atoms with Crippen LogP contribution in [-0.2, 0) is 9.53 Å². The molecule has 1 aromatic heterocycles. The second-order valence-corrected chi connectivity index (χ2v) is 5.61. The monoisotopic (exact) mass is 334 g/mol. The first-order chi connectivity index (χ1) is 11.0. The van der Waals surface area contributed by atoms with Gasteiger partial charge in [0.25, 0.3) is 11.6 Å². The van der Waals surface area contributed by atoms with E-state index in [1.165, 1.54) is 42.7 Å². The van der Waals surface area contributed by atoms with Crippen LogP contribution in [0, 0.1) is 10.1 Å². The first-order valence-electron chi connectivity index (χ1n) is 6.67. The maximum Gasteiger partial charge on any atom is 0.307 e. The Hall–Kier alpha value is -2.74. The molecular weight excluding hydrogens is 320 g/mol. The molecule has 7 nitrogen and oxygen atoms in total. The lowest BCUT2D eigenvalue weighted by atomic mass is 10.1. The Kier molecular flexibility index (Phi) is 5.42. The number of nitrogens with zero attached hydrogens (tertiary/aromatic N) is 1. The Labute approximate surface area is 136 Å². The number of nitrogens with one attached hydrogen (secondary N) is 1. The second kappa shape index (κ2) is 7.50. The molecule has 2 aromatic rings. The predicted molar refractivity (Wildman–Crippen MR) is 84.3 cm³/mol. The zero-order chi connectivity index (χ0) is 16.8. The van der Waals surface area contributed by atoms with Crippen LogP contribution in [0.25, 0.3) is 0 Å². The van der Waals surface area contributed by atoms with E-state index in [1.54, 1.807) is 6.07 Å². The van der Waals surface area contributed by atoms with Gasteiger partial charge in [-0.2, -0.15) is 0 Å². The Balaban J connectivity index is 2.18. The number of non-ortho nitro benzene ring substituents is 1. The van der Waals surface area contributed by atoms with E-state index < -0.39 is 22.8 Å². The third-order valence-corrected chi connectivity index (χ3v) is 4.10. The largest absolute Gasteiger partial charge is 0.469 e. The van der Waals surface area contributed by atoms with Crippen LogP contribution in [0.3, 0.4) is 0 Å². The molecule has 1 aromatic carbocycles. The molecule has 0 aliphatic heterocycles. The van der Waals surface area contributed by atoms with Gasteiger partial charge >= 0.3 is 5.97 Å². The quantitative estimate of drug-likeness (QED) is 0.497. The summed E-state index contributed by atoms with van der Waals surface area (Å²) in [5.74, 6) is -0.946. The third kappa shape index (κ3) is 4.36. The molecule has 1 unspecified atom stereocenters. The zero-order valence-electron chi connectivity index (χ0n) is 12.2. The van der Waals surface area contributed by atoms with Gasteiger partial charge in [-0.3, -0.25) is 19.7 Å². The van der Waals surface area contributed by atoms with E-state index in [0.717, 1.165) is 4.88 Å². The highest BCUT2D eigenvalue weighted by atomic mass is 32.1. The van der Waals surface area contributed by atoms with Crippen LogP contribution >= 0.6 is 11.3 Å². The van der Waals surface area contributed by atoms with E-state index in [9.17, 15) is 19.7 Å². The van der Waals surface area contributed by atoms with Crippen molar-refractivity contribution in [2.24, 2.45) is 0 Å². The summed E-state index contributed by atoms with van der Waals surface area (Å²) >= 11 is 1.40. The summed E-state index contributed by atoms with van der Waals surface area (Å²) in [4.78, 5) is 34.9. The van der Waals surface area contributed by atoms with Gasteiger partial charge in [-0.1, -0.05) is 12.1 Å². The first-order valence-corrected chi connectivity index (χ1v) is 7.54. The molecule has 120 valence electrons. The summed E-state index contributed by atoms with van der Waals surface area (Å²) in [6.07, 6.45) is -0.0162. The molecule has 2 rings (SSSR count). The van der Waals surface area contributed by atoms with Gasteiger partial charge < -0.3 is 10.1 Å². The van der Waals surface area contributed by atoms with Crippen LogP contribution in [0.15, 0.2) is 41.8 Å². The number of nitro benzene ring substituents is 1. The fourth-order valence-electron chi connectivity index (χ4n) is 1.96. The number of carbonyl (C=O) groups excluding carboxylic acids is 2. The fourth-order valence-corrected chi connectivity index (χ4v) is 2.74. The number of rotatable bonds is 6. The standard InChI is InChI=1S/C15H14N2O5S/c1-22-14(18)9-12(13-6-3-7-23-13)16-15(19)10-4-2-5-11(8-10)17(20)21/h2-8,12H,9H2,1H3,(H,16,19). The smallest absolute Gasteiger partial charge is 0.307 e. The Morgan fingerprint density at radius 1 is 1.35 bits per heavy atom. The third-order valence-electron chi connectivity index (χ3n) is 3.11. The predicted octanol–water partition coefficient (Wildman–Crippen LogP) is 2.69. The van der Waals surface area contributed by atoms with Crippen LogP contribution in [-0.4, -0.2) is 23.9 Å². The summed E-state index contributed by atoms with van der Waals surface area (Å²) < 4.78 is 4.64. The lowest BCUT2D eigenvalue weighted by Crippen LogP contribution is -2.30. The van der Waals surface area contributed by atoms with Gasteiger partial charge in [0.1, 0.15) is 0 Å². The van der Waals surface area contributed by atoms with Crippen molar-refractivity contribution in [2.75, 3.05) is 7.11 Å². The van der Waals surface area contributed by atoms with Crippen LogP contribution in [0.4, 0.5) is 5.69 Å². The highest BCUT2D eigenvalue weighted by Gasteiger charge is 2.21. The average molecular weight is 334 g/mol. The van der Waals surface area contributed by atoms with Gasteiger partial charge in [0, 0.05) is 22.6 Å². The molecule has 0 radical (unpaired) electrons. The van der Waals surface area contributed by atoms with Crippen molar-refractivity contribution in [1.82, 2.24) is 5.32 Å². The minimum absolute atomic E-state index is 0.0162. The summed E-state index contributed by atoms with van der Waals surface area (Å²) in [7, 11) is 1.27. The molecule has 0 aliphatic carbocycles. The highest BCUT2D eigenvalue weighted by molar-refractivity contribution is 7.10. The van der Waals surface area contributed by atoms with Gasteiger partial charge in [-0.05, 0) is 17.5 Å². The van der Waals surface area contributed by atoms with Crippen molar-refractivity contribution in [3.63, 3.8) is 0 Å². The number of thiophene rings is 1. The van der Waals surface area contributed by atoms with Crippen molar-refractivity contribution in [2.45, 2.75) is 12.5 Å². The van der Waals surface area contributed by atoms with Crippen molar-refractivity contribution in [3.05, 3.63) is 62.3 Å². The lowest BCUT2D eigenvalue weighted by Gasteiger charge is -2.16. The van der Waals surface area contributed by atoms with Crippen LogP contribution in [0.1, 0.15) is 27.7 Å². The zero-order valence-corrected chi connectivity index (χ0v) is 13.0. The number of carbonyl (C=O) groups is 2. The van der Waals surface area contributed by atoms with Crippen molar-refractivity contribution in [1.29, 1.82) is 0 Å². The number of amides is 1. The highest BCUT2D eigenvalue weighted by Crippen LogP contribution is 2.23. The Morgan fingerprint density at radius 3 is 2.74 bits per heavy atom. The van der Waals surface area contributed by atoms with Gasteiger partial charge in [0.15, 0.2) is 0 Å². The molecule has 1 heterocycles. The van der Waals surface area contributed by atoms with E-state index in [1.807, 2.05) is 11.4 Å². The molecule has 1 amide bonds. The van der Waals surface area contributed by atoms with Crippen molar-refractivity contribution in [3.8, 4) is 0 Å². The minimum atomic E-state index is -0.567. The van der Waals surface area contributed by atoms with Gasteiger partial charge in [-0.25, -0.2) is 0 Å². The summed E-state index contributed by atoms with van der Waals surface area (Å²) in [6, 6.07) is 8.48.